The monoisotopic (exact) mass is 180 g/mol. The second-order valence-corrected chi connectivity index (χ2v) is 3.12. The Labute approximate surface area is 76.6 Å². The number of phenols is 2. The molecule has 0 fully saturated rings. The van der Waals surface area contributed by atoms with Crippen molar-refractivity contribution in [2.24, 2.45) is 0 Å². The maximum atomic E-state index is 11.0. The van der Waals surface area contributed by atoms with E-state index in [2.05, 4.69) is 0 Å². The summed E-state index contributed by atoms with van der Waals surface area (Å²) in [6.07, 6.45) is 0. The lowest BCUT2D eigenvalue weighted by Crippen LogP contribution is -1.95. The average Bonchev–Trinajstić information content (AvgIpc) is 2.07. The fourth-order valence-corrected chi connectivity index (χ4v) is 1.15. The summed E-state index contributed by atoms with van der Waals surface area (Å²) in [7, 11) is 0. The van der Waals surface area contributed by atoms with Crippen LogP contribution in [0.5, 0.6) is 11.5 Å². The summed E-state index contributed by atoms with van der Waals surface area (Å²) in [4.78, 5) is 11.0. The molecule has 1 aromatic rings. The molecule has 1 aromatic carbocycles. The maximum absolute atomic E-state index is 11.0. The lowest BCUT2D eigenvalue weighted by molar-refractivity contribution is 0.101. The molecule has 0 unspecified atom stereocenters. The van der Waals surface area contributed by atoms with E-state index in [9.17, 15) is 15.0 Å². The molecule has 0 saturated heterocycles. The molecule has 0 amide bonds. The number of hydrogen-bond acceptors (Lipinski definition) is 3. The van der Waals surface area contributed by atoms with Crippen molar-refractivity contribution in [3.63, 3.8) is 0 Å². The van der Waals surface area contributed by atoms with Crippen LogP contribution in [0.1, 0.15) is 28.4 Å². The van der Waals surface area contributed by atoms with Crippen LogP contribution in [-0.4, -0.2) is 16.0 Å². The Morgan fingerprint density at radius 3 is 2.23 bits per heavy atom. The van der Waals surface area contributed by atoms with Crippen LogP contribution in [0.25, 0.3) is 0 Å². The van der Waals surface area contributed by atoms with Gasteiger partial charge in [0, 0.05) is 0 Å². The van der Waals surface area contributed by atoms with Gasteiger partial charge in [-0.15, -0.1) is 0 Å². The third-order valence-corrected chi connectivity index (χ3v) is 2.17. The molecule has 0 atom stereocenters. The standard InChI is InChI=1S/C10H12O3/c1-5-4-8(7(3)11)10(13)9(12)6(5)2/h4,12-13H,1-3H3. The van der Waals surface area contributed by atoms with Gasteiger partial charge in [0.15, 0.2) is 17.3 Å². The maximum Gasteiger partial charge on any atom is 0.168 e. The second kappa shape index (κ2) is 3.09. The Kier molecular flexibility index (Phi) is 2.28. The summed E-state index contributed by atoms with van der Waals surface area (Å²) in [5.41, 5.74) is 1.56. The van der Waals surface area contributed by atoms with Crippen molar-refractivity contribution in [2.75, 3.05) is 0 Å². The molecule has 2 N–H and O–H groups in total. The van der Waals surface area contributed by atoms with Crippen LogP contribution in [-0.2, 0) is 0 Å². The van der Waals surface area contributed by atoms with Crippen molar-refractivity contribution in [3.8, 4) is 11.5 Å². The first-order chi connectivity index (χ1) is 5.95. The van der Waals surface area contributed by atoms with Gasteiger partial charge in [0.25, 0.3) is 0 Å². The van der Waals surface area contributed by atoms with Gasteiger partial charge < -0.3 is 10.2 Å². The van der Waals surface area contributed by atoms with E-state index in [0.29, 0.717) is 5.56 Å². The van der Waals surface area contributed by atoms with Gasteiger partial charge in [-0.1, -0.05) is 0 Å². The fraction of sp³-hybridized carbons (Fsp3) is 0.300. The van der Waals surface area contributed by atoms with Crippen LogP contribution in [0.2, 0.25) is 0 Å². The molecule has 70 valence electrons. The number of ketones is 1. The molecule has 0 spiro atoms. The third-order valence-electron chi connectivity index (χ3n) is 2.17. The minimum atomic E-state index is -0.324. The van der Waals surface area contributed by atoms with Crippen molar-refractivity contribution in [3.05, 3.63) is 22.8 Å². The Morgan fingerprint density at radius 2 is 1.77 bits per heavy atom. The molecule has 0 aromatic heterocycles. The quantitative estimate of drug-likeness (QED) is 0.512. The summed E-state index contributed by atoms with van der Waals surface area (Å²) in [6, 6.07) is 1.58. The molecule has 3 nitrogen and oxygen atoms in total. The minimum Gasteiger partial charge on any atom is -0.504 e. The normalized spacial score (nSPS) is 10.1. The number of phenolic OH excluding ortho intramolecular Hbond substituents is 2. The van der Waals surface area contributed by atoms with E-state index >= 15 is 0 Å². The van der Waals surface area contributed by atoms with Crippen molar-refractivity contribution >= 4 is 5.78 Å². The Balaban J connectivity index is 3.50. The smallest absolute Gasteiger partial charge is 0.168 e. The molecule has 0 bridgehead atoms. The average molecular weight is 180 g/mol. The summed E-state index contributed by atoms with van der Waals surface area (Å²) in [5.74, 6) is -0.781. The van der Waals surface area contributed by atoms with Gasteiger partial charge in [-0.2, -0.15) is 0 Å². The van der Waals surface area contributed by atoms with Crippen molar-refractivity contribution in [2.45, 2.75) is 20.8 Å². The Hall–Kier alpha value is -1.51. The van der Waals surface area contributed by atoms with E-state index in [1.807, 2.05) is 0 Å². The molecule has 3 heteroatoms. The Morgan fingerprint density at radius 1 is 1.23 bits per heavy atom. The Bertz CT molecular complexity index is 367. The topological polar surface area (TPSA) is 57.5 Å². The highest BCUT2D eigenvalue weighted by Crippen LogP contribution is 2.34. The van der Waals surface area contributed by atoms with E-state index in [0.717, 1.165) is 5.56 Å². The zero-order valence-electron chi connectivity index (χ0n) is 7.88. The number of benzene rings is 1. The highest BCUT2D eigenvalue weighted by molar-refractivity contribution is 5.98. The molecule has 13 heavy (non-hydrogen) atoms. The molecule has 1 rings (SSSR count). The molecule has 0 aliphatic carbocycles. The van der Waals surface area contributed by atoms with Gasteiger partial charge in [-0.25, -0.2) is 0 Å². The number of hydrogen-bond donors (Lipinski definition) is 2. The largest absolute Gasteiger partial charge is 0.504 e. The van der Waals surface area contributed by atoms with Crippen LogP contribution in [0.4, 0.5) is 0 Å². The lowest BCUT2D eigenvalue weighted by Gasteiger charge is -2.08. The predicted molar refractivity (Wildman–Crippen MR) is 49.3 cm³/mol. The van der Waals surface area contributed by atoms with E-state index in [1.54, 1.807) is 19.9 Å². The summed E-state index contributed by atoms with van der Waals surface area (Å²) >= 11 is 0. The number of carbonyl (C=O) groups is 1. The minimum absolute atomic E-state index is 0.167. The van der Waals surface area contributed by atoms with Gasteiger partial charge in [0.2, 0.25) is 0 Å². The summed E-state index contributed by atoms with van der Waals surface area (Å²) in [6.45, 7) is 4.82. The zero-order chi connectivity index (χ0) is 10.2. The highest BCUT2D eigenvalue weighted by atomic mass is 16.3. The fourth-order valence-electron chi connectivity index (χ4n) is 1.15. The van der Waals surface area contributed by atoms with Crippen LogP contribution in [0.3, 0.4) is 0 Å². The van der Waals surface area contributed by atoms with Crippen molar-refractivity contribution in [1.82, 2.24) is 0 Å². The molecular weight excluding hydrogens is 168 g/mol. The first-order valence-corrected chi connectivity index (χ1v) is 3.98. The number of aromatic hydroxyl groups is 2. The molecule has 0 saturated carbocycles. The van der Waals surface area contributed by atoms with Gasteiger partial charge in [-0.05, 0) is 38.0 Å². The lowest BCUT2D eigenvalue weighted by atomic mass is 10.0. The molecule has 0 aliphatic rings. The SMILES string of the molecule is CC(=O)c1cc(C)c(C)c(O)c1O. The molecule has 0 heterocycles. The summed E-state index contributed by atoms with van der Waals surface area (Å²) in [5, 5.41) is 18.8. The van der Waals surface area contributed by atoms with Crippen LogP contribution in [0.15, 0.2) is 6.07 Å². The van der Waals surface area contributed by atoms with Gasteiger partial charge >= 0.3 is 0 Å². The first-order valence-electron chi connectivity index (χ1n) is 3.98. The van der Waals surface area contributed by atoms with Crippen molar-refractivity contribution < 1.29 is 15.0 Å². The summed E-state index contributed by atoms with van der Waals surface area (Å²) < 4.78 is 0. The van der Waals surface area contributed by atoms with Crippen LogP contribution in [0, 0.1) is 13.8 Å². The number of carbonyl (C=O) groups excluding carboxylic acids is 1. The van der Waals surface area contributed by atoms with Crippen LogP contribution < -0.4 is 0 Å². The molecule has 0 radical (unpaired) electrons. The highest BCUT2D eigenvalue weighted by Gasteiger charge is 2.14. The molecule has 0 aliphatic heterocycles. The number of aryl methyl sites for hydroxylation is 1. The van der Waals surface area contributed by atoms with Gasteiger partial charge in [0.1, 0.15) is 0 Å². The van der Waals surface area contributed by atoms with Gasteiger partial charge in [-0.3, -0.25) is 4.79 Å². The number of Topliss-reactive ketones (excluding diaryl/α,β-unsaturated/α-hetero) is 1. The zero-order valence-corrected chi connectivity index (χ0v) is 7.88. The van der Waals surface area contributed by atoms with Crippen LogP contribution >= 0.6 is 0 Å². The van der Waals surface area contributed by atoms with Gasteiger partial charge in [0.05, 0.1) is 5.56 Å². The van der Waals surface area contributed by atoms with E-state index < -0.39 is 0 Å². The number of rotatable bonds is 1. The van der Waals surface area contributed by atoms with E-state index in [4.69, 9.17) is 0 Å². The first kappa shape index (κ1) is 9.58. The second-order valence-electron chi connectivity index (χ2n) is 3.12. The van der Waals surface area contributed by atoms with E-state index in [-0.39, 0.29) is 22.8 Å². The predicted octanol–water partition coefficient (Wildman–Crippen LogP) is 1.92. The molecular formula is C10H12O3. The van der Waals surface area contributed by atoms with Crippen molar-refractivity contribution in [1.29, 1.82) is 0 Å². The third kappa shape index (κ3) is 1.49. The van der Waals surface area contributed by atoms with E-state index in [1.165, 1.54) is 6.92 Å².